The molecule has 0 radical (unpaired) electrons. The van der Waals surface area contributed by atoms with E-state index in [4.69, 9.17) is 27.6 Å². The number of carbonyl (C=O) groups excluding carboxylic acids is 2. The Morgan fingerprint density at radius 3 is 2.83 bits per heavy atom. The molecule has 0 aliphatic carbocycles. The van der Waals surface area contributed by atoms with Crippen molar-refractivity contribution in [3.8, 4) is 0 Å². The van der Waals surface area contributed by atoms with E-state index in [9.17, 15) is 9.59 Å². The predicted molar refractivity (Wildman–Crippen MR) is 123 cm³/mol. The Morgan fingerprint density at radius 2 is 2.10 bits per heavy atom. The van der Waals surface area contributed by atoms with E-state index in [0.717, 1.165) is 10.4 Å². The van der Waals surface area contributed by atoms with Gasteiger partial charge in [-0.1, -0.05) is 35.3 Å². The number of nitrogens with zero attached hydrogens (tertiary/aromatic N) is 1. The molecule has 0 fully saturated rings. The Bertz CT molecular complexity index is 1010. The van der Waals surface area contributed by atoms with Gasteiger partial charge >= 0.3 is 0 Å². The molecule has 0 spiro atoms. The van der Waals surface area contributed by atoms with Crippen molar-refractivity contribution >= 4 is 63.2 Å². The van der Waals surface area contributed by atoms with Crippen LogP contribution in [-0.4, -0.2) is 34.8 Å². The van der Waals surface area contributed by atoms with Crippen LogP contribution in [0, 0.1) is 0 Å². The van der Waals surface area contributed by atoms with Gasteiger partial charge in [0.2, 0.25) is 5.91 Å². The van der Waals surface area contributed by atoms with Crippen LogP contribution in [0.1, 0.15) is 27.4 Å². The monoisotopic (exact) mass is 483 g/mol. The molecule has 0 saturated carbocycles. The number of hydrogen-bond donors (Lipinski definition) is 2. The third-order valence-electron chi connectivity index (χ3n) is 4.16. The maximum absolute atomic E-state index is 12.8. The first-order chi connectivity index (χ1) is 14.5. The quantitative estimate of drug-likeness (QED) is 0.440. The third kappa shape index (κ3) is 6.01. The Morgan fingerprint density at radius 1 is 1.27 bits per heavy atom. The zero-order valence-corrected chi connectivity index (χ0v) is 19.1. The summed E-state index contributed by atoms with van der Waals surface area (Å²) < 4.78 is 5.10. The molecule has 2 amide bonds. The highest BCUT2D eigenvalue weighted by molar-refractivity contribution is 7.98. The molecular weight excluding hydrogens is 465 g/mol. The summed E-state index contributed by atoms with van der Waals surface area (Å²) >= 11 is 15.3. The molecule has 10 heteroatoms. The average molecular weight is 484 g/mol. The molecule has 1 unspecified atom stereocenters. The fraction of sp³-hybridized carbons (Fsp3) is 0.250. The van der Waals surface area contributed by atoms with Gasteiger partial charge in [-0.25, -0.2) is 4.98 Å². The Labute approximate surface area is 192 Å². The van der Waals surface area contributed by atoms with Gasteiger partial charge in [0.1, 0.15) is 6.04 Å². The first-order valence-electron chi connectivity index (χ1n) is 8.99. The molecule has 1 atom stereocenters. The van der Waals surface area contributed by atoms with Crippen LogP contribution in [0.15, 0.2) is 47.2 Å². The number of halogens is 2. The van der Waals surface area contributed by atoms with Gasteiger partial charge in [0.25, 0.3) is 5.91 Å². The van der Waals surface area contributed by atoms with E-state index in [1.807, 2.05) is 18.4 Å². The van der Waals surface area contributed by atoms with Gasteiger partial charge in [0.15, 0.2) is 10.9 Å². The van der Waals surface area contributed by atoms with Crippen LogP contribution in [0.4, 0.5) is 5.13 Å². The largest absolute Gasteiger partial charge is 0.459 e. The average Bonchev–Trinajstić information content (AvgIpc) is 3.41. The molecule has 3 rings (SSSR count). The van der Waals surface area contributed by atoms with Crippen LogP contribution in [0.25, 0.3) is 0 Å². The maximum atomic E-state index is 12.8. The van der Waals surface area contributed by atoms with Crippen molar-refractivity contribution in [3.63, 3.8) is 0 Å². The van der Waals surface area contributed by atoms with Crippen LogP contribution in [0.2, 0.25) is 10.0 Å². The lowest BCUT2D eigenvalue weighted by atomic mass is 10.1. The third-order valence-corrected chi connectivity index (χ3v) is 6.57. The molecule has 2 aromatic heterocycles. The van der Waals surface area contributed by atoms with Crippen LogP contribution < -0.4 is 10.6 Å². The molecule has 0 bridgehead atoms. The summed E-state index contributed by atoms with van der Waals surface area (Å²) in [5, 5.41) is 6.97. The number of furan rings is 1. The number of anilines is 1. The van der Waals surface area contributed by atoms with E-state index in [1.54, 1.807) is 36.2 Å². The van der Waals surface area contributed by atoms with Gasteiger partial charge in [-0.3, -0.25) is 9.59 Å². The van der Waals surface area contributed by atoms with Gasteiger partial charge in [-0.15, -0.1) is 11.3 Å². The van der Waals surface area contributed by atoms with Crippen molar-refractivity contribution < 1.29 is 14.0 Å². The summed E-state index contributed by atoms with van der Waals surface area (Å²) in [7, 11) is 0. The number of benzene rings is 1. The first kappa shape index (κ1) is 22.7. The molecule has 2 N–H and O–H groups in total. The van der Waals surface area contributed by atoms with E-state index in [1.165, 1.54) is 17.6 Å². The van der Waals surface area contributed by atoms with E-state index in [2.05, 4.69) is 15.6 Å². The van der Waals surface area contributed by atoms with E-state index < -0.39 is 11.9 Å². The van der Waals surface area contributed by atoms with Gasteiger partial charge in [-0.05, 0) is 42.2 Å². The van der Waals surface area contributed by atoms with Gasteiger partial charge < -0.3 is 15.1 Å². The molecule has 2 heterocycles. The van der Waals surface area contributed by atoms with Crippen LogP contribution in [-0.2, 0) is 11.2 Å². The number of nitrogens with one attached hydrogen (secondary N) is 2. The summed E-state index contributed by atoms with van der Waals surface area (Å²) in [6, 6.07) is 7.93. The number of rotatable bonds is 9. The van der Waals surface area contributed by atoms with Crippen molar-refractivity contribution in [2.24, 2.45) is 0 Å². The number of hydrogen-bond acceptors (Lipinski definition) is 6. The summed E-state index contributed by atoms with van der Waals surface area (Å²) in [6.07, 6.45) is 6.08. The molecule has 30 heavy (non-hydrogen) atoms. The second-order valence-corrected chi connectivity index (χ2v) is 9.18. The summed E-state index contributed by atoms with van der Waals surface area (Å²) in [5.41, 5.74) is 0.884. The molecule has 1 aromatic carbocycles. The number of thioether (sulfide) groups is 1. The number of carbonyl (C=O) groups is 2. The topological polar surface area (TPSA) is 84.2 Å². The standard InChI is InChI=1S/C20H19Cl2N3O3S2/c1-29-9-7-15(24-19(27)16-6-3-8-28-16)18(26)25-20-23-11-13(30-20)10-12-4-2-5-14(21)17(12)22/h2-6,8,11,15H,7,9-10H2,1H3,(H,24,27)(H,23,25,26). The summed E-state index contributed by atoms with van der Waals surface area (Å²) in [4.78, 5) is 30.2. The van der Waals surface area contributed by atoms with Crippen LogP contribution in [0.5, 0.6) is 0 Å². The minimum Gasteiger partial charge on any atom is -0.459 e. The second-order valence-electron chi connectivity index (χ2n) is 6.30. The van der Waals surface area contributed by atoms with Gasteiger partial charge in [0, 0.05) is 17.5 Å². The summed E-state index contributed by atoms with van der Waals surface area (Å²) in [5.74, 6) is 0.113. The maximum Gasteiger partial charge on any atom is 0.287 e. The molecule has 158 valence electrons. The zero-order chi connectivity index (χ0) is 21.5. The van der Waals surface area contributed by atoms with E-state index in [0.29, 0.717) is 33.8 Å². The van der Waals surface area contributed by atoms with E-state index in [-0.39, 0.29) is 11.7 Å². The normalized spacial score (nSPS) is 11.8. The second kappa shape index (κ2) is 10.9. The fourth-order valence-electron chi connectivity index (χ4n) is 2.65. The van der Waals surface area contributed by atoms with E-state index >= 15 is 0 Å². The molecule has 3 aromatic rings. The lowest BCUT2D eigenvalue weighted by molar-refractivity contribution is -0.118. The Balaban J connectivity index is 1.65. The van der Waals surface area contributed by atoms with Crippen LogP contribution >= 0.6 is 46.3 Å². The minimum atomic E-state index is -0.704. The minimum absolute atomic E-state index is 0.159. The SMILES string of the molecule is CSCCC(NC(=O)c1ccco1)C(=O)Nc1ncc(Cc2cccc(Cl)c2Cl)s1. The fourth-order valence-corrected chi connectivity index (χ4v) is 4.35. The smallest absolute Gasteiger partial charge is 0.287 e. The van der Waals surface area contributed by atoms with Crippen molar-refractivity contribution in [2.75, 3.05) is 17.3 Å². The molecule has 0 saturated heterocycles. The molecule has 0 aliphatic heterocycles. The van der Waals surface area contributed by atoms with Crippen molar-refractivity contribution in [1.82, 2.24) is 10.3 Å². The molecular formula is C20H19Cl2N3O3S2. The van der Waals surface area contributed by atoms with Gasteiger partial charge in [0.05, 0.1) is 16.3 Å². The number of aromatic nitrogens is 1. The van der Waals surface area contributed by atoms with Crippen molar-refractivity contribution in [2.45, 2.75) is 18.9 Å². The highest BCUT2D eigenvalue weighted by atomic mass is 35.5. The van der Waals surface area contributed by atoms with Crippen molar-refractivity contribution in [3.05, 3.63) is 69.0 Å². The first-order valence-corrected chi connectivity index (χ1v) is 12.0. The lowest BCUT2D eigenvalue weighted by Gasteiger charge is -2.16. The Kier molecular flexibility index (Phi) is 8.21. The highest BCUT2D eigenvalue weighted by Gasteiger charge is 2.23. The number of thiazole rings is 1. The molecule has 0 aliphatic rings. The van der Waals surface area contributed by atoms with Crippen molar-refractivity contribution in [1.29, 1.82) is 0 Å². The Hall–Kier alpha value is -2.00. The molecule has 6 nitrogen and oxygen atoms in total. The summed E-state index contributed by atoms with van der Waals surface area (Å²) in [6.45, 7) is 0. The highest BCUT2D eigenvalue weighted by Crippen LogP contribution is 2.29. The van der Waals surface area contributed by atoms with Gasteiger partial charge in [-0.2, -0.15) is 11.8 Å². The number of amides is 2. The van der Waals surface area contributed by atoms with Crippen LogP contribution in [0.3, 0.4) is 0 Å². The predicted octanol–water partition coefficient (Wildman–Crippen LogP) is 5.12. The zero-order valence-electron chi connectivity index (χ0n) is 16.0. The lowest BCUT2D eigenvalue weighted by Crippen LogP contribution is -2.44.